The van der Waals surface area contributed by atoms with Crippen LogP contribution in [0, 0.1) is 12.8 Å². The molecule has 12 heteroatoms. The van der Waals surface area contributed by atoms with Crippen LogP contribution in [0.2, 0.25) is 0 Å². The summed E-state index contributed by atoms with van der Waals surface area (Å²) in [7, 11) is 0. The number of aryl methyl sites for hydroxylation is 1. The summed E-state index contributed by atoms with van der Waals surface area (Å²) in [5.41, 5.74) is 4.30. The molecule has 0 radical (unpaired) electrons. The van der Waals surface area contributed by atoms with E-state index in [2.05, 4.69) is 15.0 Å². The molecule has 38 heavy (non-hydrogen) atoms. The first-order valence-corrected chi connectivity index (χ1v) is 11.7. The number of halogens is 3. The van der Waals surface area contributed by atoms with E-state index in [0.717, 1.165) is 22.2 Å². The average Bonchev–Trinajstić information content (AvgIpc) is 3.28. The molecule has 3 aromatic rings. The van der Waals surface area contributed by atoms with Crippen molar-refractivity contribution in [1.29, 1.82) is 0 Å². The van der Waals surface area contributed by atoms with Gasteiger partial charge in [-0.05, 0) is 49.7 Å². The maximum Gasteiger partial charge on any atom is 0.490 e. The molecule has 3 atom stereocenters. The van der Waals surface area contributed by atoms with Crippen LogP contribution >= 0.6 is 0 Å². The molecule has 1 aliphatic rings. The average molecular weight is 531 g/mol. The predicted molar refractivity (Wildman–Crippen MR) is 127 cm³/mol. The number of pyridine rings is 1. The minimum absolute atomic E-state index is 0.210. The number of hydrogen-bond donors (Lipinski definition) is 3. The zero-order chi connectivity index (χ0) is 27.4. The molecular formula is C26H24F3N3O6. The SMILES string of the molecule is Cc1cc(COc2ccc(C(=O)N[C@@H]3C[C@@H](OC(=O)C(F)(F)F)C[C@@H]3C(=O)NO)cc2)c2ccccc2n1. The Balaban J connectivity index is 1.39. The van der Waals surface area contributed by atoms with Crippen molar-refractivity contribution >= 4 is 28.7 Å². The number of ether oxygens (including phenoxy) is 2. The molecule has 1 heterocycles. The second kappa shape index (κ2) is 11.1. The third kappa shape index (κ3) is 6.20. The van der Waals surface area contributed by atoms with Gasteiger partial charge in [-0.2, -0.15) is 13.2 Å². The first kappa shape index (κ1) is 26.9. The van der Waals surface area contributed by atoms with Gasteiger partial charge in [-0.25, -0.2) is 10.3 Å². The van der Waals surface area contributed by atoms with E-state index in [0.29, 0.717) is 5.75 Å². The number of alkyl halides is 3. The van der Waals surface area contributed by atoms with Crippen LogP contribution < -0.4 is 15.5 Å². The van der Waals surface area contributed by atoms with Gasteiger partial charge in [0.15, 0.2) is 0 Å². The Morgan fingerprint density at radius 3 is 2.47 bits per heavy atom. The summed E-state index contributed by atoms with van der Waals surface area (Å²) in [4.78, 5) is 40.5. The van der Waals surface area contributed by atoms with E-state index >= 15 is 0 Å². The molecule has 0 bridgehead atoms. The van der Waals surface area contributed by atoms with E-state index in [4.69, 9.17) is 9.94 Å². The number of carbonyl (C=O) groups excluding carboxylic acids is 3. The van der Waals surface area contributed by atoms with Gasteiger partial charge >= 0.3 is 12.1 Å². The van der Waals surface area contributed by atoms with Crippen molar-refractivity contribution < 1.29 is 42.2 Å². The van der Waals surface area contributed by atoms with Crippen LogP contribution in [0.3, 0.4) is 0 Å². The molecule has 0 unspecified atom stereocenters. The van der Waals surface area contributed by atoms with Crippen LogP contribution in [0.15, 0.2) is 54.6 Å². The Labute approximate surface area is 214 Å². The Kier molecular flexibility index (Phi) is 7.81. The summed E-state index contributed by atoms with van der Waals surface area (Å²) >= 11 is 0. The fourth-order valence-corrected chi connectivity index (χ4v) is 4.47. The number of aromatic nitrogens is 1. The molecular weight excluding hydrogens is 507 g/mol. The number of carbonyl (C=O) groups is 3. The van der Waals surface area contributed by atoms with E-state index in [1.54, 1.807) is 12.1 Å². The lowest BCUT2D eigenvalue weighted by molar-refractivity contribution is -0.204. The van der Waals surface area contributed by atoms with Crippen molar-refractivity contribution in [2.75, 3.05) is 0 Å². The molecule has 1 saturated carbocycles. The molecule has 1 fully saturated rings. The number of benzene rings is 2. The first-order chi connectivity index (χ1) is 18.0. The van der Waals surface area contributed by atoms with Gasteiger partial charge in [0.1, 0.15) is 18.5 Å². The first-order valence-electron chi connectivity index (χ1n) is 11.7. The van der Waals surface area contributed by atoms with Gasteiger partial charge in [-0.1, -0.05) is 18.2 Å². The van der Waals surface area contributed by atoms with Gasteiger partial charge in [0.2, 0.25) is 5.91 Å². The number of hydroxylamine groups is 1. The lowest BCUT2D eigenvalue weighted by atomic mass is 10.0. The standard InChI is InChI=1S/C26H24F3N3O6/c1-14-10-16(19-4-2-3-5-21(19)30-14)13-37-17-8-6-15(7-9-17)23(33)31-22-12-18(11-20(22)24(34)32-36)38-25(35)26(27,28)29/h2-10,18,20,22,36H,11-13H2,1H3,(H,31,33)(H,32,34)/t18-,20-,22+/m0/s1. The zero-order valence-corrected chi connectivity index (χ0v) is 20.1. The number of hydrogen-bond acceptors (Lipinski definition) is 7. The van der Waals surface area contributed by atoms with E-state index in [1.165, 1.54) is 17.6 Å². The van der Waals surface area contributed by atoms with Crippen molar-refractivity contribution in [3.63, 3.8) is 0 Å². The zero-order valence-electron chi connectivity index (χ0n) is 20.1. The molecule has 3 N–H and O–H groups in total. The van der Waals surface area contributed by atoms with E-state index in [9.17, 15) is 27.6 Å². The van der Waals surface area contributed by atoms with E-state index < -0.39 is 42.0 Å². The number of nitrogens with zero attached hydrogens (tertiary/aromatic N) is 1. The highest BCUT2D eigenvalue weighted by Crippen LogP contribution is 2.31. The Bertz CT molecular complexity index is 1350. The second-order valence-electron chi connectivity index (χ2n) is 8.91. The molecule has 4 rings (SSSR count). The number of rotatable bonds is 7. The smallest absolute Gasteiger partial charge is 0.489 e. The highest BCUT2D eigenvalue weighted by molar-refractivity contribution is 5.95. The van der Waals surface area contributed by atoms with Gasteiger partial charge in [0, 0.05) is 34.7 Å². The topological polar surface area (TPSA) is 127 Å². The highest BCUT2D eigenvalue weighted by Gasteiger charge is 2.46. The fourth-order valence-electron chi connectivity index (χ4n) is 4.47. The van der Waals surface area contributed by atoms with Crippen LogP contribution in [0.25, 0.3) is 10.9 Å². The summed E-state index contributed by atoms with van der Waals surface area (Å²) in [6.45, 7) is 2.17. The van der Waals surface area contributed by atoms with Crippen molar-refractivity contribution in [1.82, 2.24) is 15.8 Å². The quantitative estimate of drug-likeness (QED) is 0.242. The van der Waals surface area contributed by atoms with E-state index in [-0.39, 0.29) is 25.0 Å². The Hall–Kier alpha value is -4.19. The second-order valence-corrected chi connectivity index (χ2v) is 8.91. The maximum atomic E-state index is 12.8. The van der Waals surface area contributed by atoms with Gasteiger partial charge in [0.25, 0.3) is 5.91 Å². The third-order valence-electron chi connectivity index (χ3n) is 6.23. The molecule has 0 saturated heterocycles. The lowest BCUT2D eigenvalue weighted by Gasteiger charge is -2.19. The molecule has 2 aromatic carbocycles. The molecule has 9 nitrogen and oxygen atoms in total. The van der Waals surface area contributed by atoms with Crippen LogP contribution in [0.5, 0.6) is 5.75 Å². The van der Waals surface area contributed by atoms with Crippen LogP contribution in [-0.4, -0.2) is 46.3 Å². The fraction of sp³-hybridized carbons (Fsp3) is 0.308. The van der Waals surface area contributed by atoms with Crippen LogP contribution in [0.4, 0.5) is 13.2 Å². The molecule has 1 aliphatic carbocycles. The van der Waals surface area contributed by atoms with Crippen molar-refractivity contribution in [3.05, 3.63) is 71.4 Å². The largest absolute Gasteiger partial charge is 0.490 e. The Morgan fingerprint density at radius 2 is 1.79 bits per heavy atom. The number of amides is 2. The van der Waals surface area contributed by atoms with Crippen LogP contribution in [-0.2, 0) is 20.9 Å². The van der Waals surface area contributed by atoms with Crippen molar-refractivity contribution in [3.8, 4) is 5.75 Å². The summed E-state index contributed by atoms with van der Waals surface area (Å²) in [5.74, 6) is -4.50. The molecule has 2 amide bonds. The summed E-state index contributed by atoms with van der Waals surface area (Å²) in [5, 5.41) is 12.5. The predicted octanol–water partition coefficient (Wildman–Crippen LogP) is 3.61. The minimum atomic E-state index is -5.19. The maximum absolute atomic E-state index is 12.8. The number of nitrogens with one attached hydrogen (secondary N) is 2. The monoisotopic (exact) mass is 531 g/mol. The summed E-state index contributed by atoms with van der Waals surface area (Å²) < 4.78 is 48.0. The van der Waals surface area contributed by atoms with Gasteiger partial charge in [-0.15, -0.1) is 0 Å². The van der Waals surface area contributed by atoms with Gasteiger partial charge in [-0.3, -0.25) is 19.8 Å². The summed E-state index contributed by atoms with van der Waals surface area (Å²) in [6.07, 6.45) is -6.98. The highest BCUT2D eigenvalue weighted by atomic mass is 19.4. The molecule has 1 aromatic heterocycles. The number of fused-ring (bicyclic) bond motifs is 1. The number of esters is 1. The minimum Gasteiger partial charge on any atom is -0.489 e. The lowest BCUT2D eigenvalue weighted by Crippen LogP contribution is -2.43. The third-order valence-corrected chi connectivity index (χ3v) is 6.23. The Morgan fingerprint density at radius 1 is 1.08 bits per heavy atom. The molecule has 0 aliphatic heterocycles. The summed E-state index contributed by atoms with van der Waals surface area (Å²) in [6, 6.07) is 14.8. The number of para-hydroxylation sites is 1. The van der Waals surface area contributed by atoms with E-state index in [1.807, 2.05) is 37.3 Å². The van der Waals surface area contributed by atoms with Gasteiger partial charge < -0.3 is 14.8 Å². The van der Waals surface area contributed by atoms with Crippen molar-refractivity contribution in [2.45, 2.75) is 44.7 Å². The van der Waals surface area contributed by atoms with Crippen LogP contribution in [0.1, 0.15) is 34.5 Å². The van der Waals surface area contributed by atoms with Crippen molar-refractivity contribution in [2.24, 2.45) is 5.92 Å². The van der Waals surface area contributed by atoms with Gasteiger partial charge in [0.05, 0.1) is 11.4 Å². The molecule has 200 valence electrons. The normalized spacial score (nSPS) is 19.1. The molecule has 0 spiro atoms.